The van der Waals surface area contributed by atoms with Gasteiger partial charge in [-0.2, -0.15) is 0 Å². The van der Waals surface area contributed by atoms with E-state index < -0.39 is 0 Å². The van der Waals surface area contributed by atoms with Crippen molar-refractivity contribution in [2.45, 2.75) is 19.4 Å². The fraction of sp³-hybridized carbons (Fsp3) is 0.867. The Balaban J connectivity index is 1.70. The maximum Gasteiger partial charge on any atom is 0.225 e. The van der Waals surface area contributed by atoms with E-state index in [0.29, 0.717) is 26.1 Å². The third-order valence-corrected chi connectivity index (χ3v) is 4.45. The van der Waals surface area contributed by atoms with E-state index in [-0.39, 0.29) is 23.8 Å². The molecule has 0 bridgehead atoms. The molecular formula is C15H28N3O4+. The van der Waals surface area contributed by atoms with Gasteiger partial charge in [-0.15, -0.1) is 0 Å². The predicted octanol–water partition coefficient (Wildman–Crippen LogP) is -2.10. The largest absolute Gasteiger partial charge is 0.383 e. The standard InChI is InChI=1S/C15H27N3O4/c1-12(11-21-2)18-10-13(9-14(18)19)15(20)16-3-4-17-5-7-22-8-6-17/h12-13H,3-11H2,1-2H3,(H,16,20)/p+1/t12-,13-/m0/s1. The smallest absolute Gasteiger partial charge is 0.225 e. The van der Waals surface area contributed by atoms with Crippen LogP contribution in [-0.2, 0) is 19.1 Å². The first-order chi connectivity index (χ1) is 10.6. The quantitative estimate of drug-likeness (QED) is 0.565. The second-order valence-electron chi connectivity index (χ2n) is 6.15. The molecule has 2 saturated heterocycles. The first kappa shape index (κ1) is 17.2. The number of hydrogen-bond donors (Lipinski definition) is 2. The zero-order valence-corrected chi connectivity index (χ0v) is 13.6. The van der Waals surface area contributed by atoms with Gasteiger partial charge in [0.25, 0.3) is 0 Å². The lowest BCUT2D eigenvalue weighted by Gasteiger charge is -2.24. The molecule has 0 saturated carbocycles. The van der Waals surface area contributed by atoms with Crippen molar-refractivity contribution < 1.29 is 24.0 Å². The van der Waals surface area contributed by atoms with E-state index in [4.69, 9.17) is 9.47 Å². The van der Waals surface area contributed by atoms with Gasteiger partial charge >= 0.3 is 0 Å². The molecule has 0 aliphatic carbocycles. The zero-order valence-electron chi connectivity index (χ0n) is 13.6. The predicted molar refractivity (Wildman–Crippen MR) is 80.6 cm³/mol. The van der Waals surface area contributed by atoms with Crippen LogP contribution >= 0.6 is 0 Å². The van der Waals surface area contributed by atoms with Crippen molar-refractivity contribution in [2.75, 3.05) is 59.7 Å². The Morgan fingerprint density at radius 1 is 1.50 bits per heavy atom. The number of carbonyl (C=O) groups excluding carboxylic acids is 2. The van der Waals surface area contributed by atoms with Gasteiger partial charge in [0.05, 0.1) is 44.9 Å². The summed E-state index contributed by atoms with van der Waals surface area (Å²) in [7, 11) is 1.62. The summed E-state index contributed by atoms with van der Waals surface area (Å²) < 4.78 is 10.4. The Morgan fingerprint density at radius 2 is 2.23 bits per heavy atom. The molecule has 0 aromatic carbocycles. The summed E-state index contributed by atoms with van der Waals surface area (Å²) in [6.45, 7) is 8.12. The summed E-state index contributed by atoms with van der Waals surface area (Å²) >= 11 is 0. The molecule has 2 atom stereocenters. The fourth-order valence-electron chi connectivity index (χ4n) is 3.08. The van der Waals surface area contributed by atoms with E-state index in [2.05, 4.69) is 5.32 Å². The van der Waals surface area contributed by atoms with Crippen LogP contribution in [0, 0.1) is 5.92 Å². The number of hydrogen-bond acceptors (Lipinski definition) is 4. The molecule has 2 N–H and O–H groups in total. The number of nitrogens with one attached hydrogen (secondary N) is 2. The normalized spacial score (nSPS) is 24.5. The van der Waals surface area contributed by atoms with Crippen LogP contribution < -0.4 is 10.2 Å². The molecule has 2 amide bonds. The van der Waals surface area contributed by atoms with E-state index in [0.717, 1.165) is 32.8 Å². The minimum absolute atomic E-state index is 0.00636. The summed E-state index contributed by atoms with van der Waals surface area (Å²) in [6, 6.07) is 0.0214. The maximum absolute atomic E-state index is 12.2. The highest BCUT2D eigenvalue weighted by atomic mass is 16.5. The number of rotatable bonds is 7. The van der Waals surface area contributed by atoms with Crippen molar-refractivity contribution in [3.63, 3.8) is 0 Å². The first-order valence-corrected chi connectivity index (χ1v) is 8.09. The molecule has 2 fully saturated rings. The molecule has 2 aliphatic heterocycles. The van der Waals surface area contributed by atoms with Crippen molar-refractivity contribution in [3.05, 3.63) is 0 Å². The highest BCUT2D eigenvalue weighted by Gasteiger charge is 2.36. The van der Waals surface area contributed by atoms with Gasteiger partial charge in [-0.25, -0.2) is 0 Å². The highest BCUT2D eigenvalue weighted by Crippen LogP contribution is 2.20. The van der Waals surface area contributed by atoms with E-state index in [9.17, 15) is 9.59 Å². The summed E-state index contributed by atoms with van der Waals surface area (Å²) in [6.07, 6.45) is 0.310. The SMILES string of the molecule is COC[C@H](C)N1C[C@@H](C(=O)NCC[NH+]2CCOCC2)CC1=O. The van der Waals surface area contributed by atoms with Crippen LogP contribution in [0.15, 0.2) is 0 Å². The Hall–Kier alpha value is -1.18. The molecule has 0 spiro atoms. The van der Waals surface area contributed by atoms with E-state index in [1.165, 1.54) is 4.90 Å². The van der Waals surface area contributed by atoms with E-state index in [1.807, 2.05) is 6.92 Å². The monoisotopic (exact) mass is 314 g/mol. The Kier molecular flexibility index (Phi) is 6.60. The molecule has 0 aromatic rings. The summed E-state index contributed by atoms with van der Waals surface area (Å²) in [5.41, 5.74) is 0. The molecule has 0 aromatic heterocycles. The number of methoxy groups -OCH3 is 1. The summed E-state index contributed by atoms with van der Waals surface area (Å²) in [4.78, 5) is 27.4. The molecule has 2 aliphatic rings. The van der Waals surface area contributed by atoms with Crippen molar-refractivity contribution in [2.24, 2.45) is 5.92 Å². The molecule has 0 unspecified atom stereocenters. The number of ether oxygens (including phenoxy) is 2. The van der Waals surface area contributed by atoms with Gasteiger partial charge < -0.3 is 24.6 Å². The first-order valence-electron chi connectivity index (χ1n) is 8.09. The Bertz CT molecular complexity index is 385. The van der Waals surface area contributed by atoms with Crippen LogP contribution in [0.5, 0.6) is 0 Å². The second-order valence-corrected chi connectivity index (χ2v) is 6.15. The lowest BCUT2D eigenvalue weighted by Crippen LogP contribution is -3.14. The number of quaternary nitrogens is 1. The van der Waals surface area contributed by atoms with Crippen molar-refractivity contribution in [1.29, 1.82) is 0 Å². The van der Waals surface area contributed by atoms with Gasteiger partial charge in [-0.05, 0) is 6.92 Å². The van der Waals surface area contributed by atoms with Crippen LogP contribution in [0.2, 0.25) is 0 Å². The Morgan fingerprint density at radius 3 is 2.91 bits per heavy atom. The van der Waals surface area contributed by atoms with Crippen molar-refractivity contribution in [1.82, 2.24) is 10.2 Å². The van der Waals surface area contributed by atoms with Crippen LogP contribution in [0.1, 0.15) is 13.3 Å². The minimum Gasteiger partial charge on any atom is -0.383 e. The number of morpholine rings is 1. The summed E-state index contributed by atoms with van der Waals surface area (Å²) in [5.74, 6) is -0.192. The van der Waals surface area contributed by atoms with E-state index >= 15 is 0 Å². The van der Waals surface area contributed by atoms with E-state index in [1.54, 1.807) is 12.0 Å². The highest BCUT2D eigenvalue weighted by molar-refractivity contribution is 5.89. The van der Waals surface area contributed by atoms with Crippen LogP contribution in [0.3, 0.4) is 0 Å². The molecule has 126 valence electrons. The zero-order chi connectivity index (χ0) is 15.9. The molecule has 2 rings (SSSR count). The molecular weight excluding hydrogens is 286 g/mol. The molecule has 2 heterocycles. The lowest BCUT2D eigenvalue weighted by atomic mass is 10.1. The maximum atomic E-state index is 12.2. The minimum atomic E-state index is -0.230. The van der Waals surface area contributed by atoms with Gasteiger partial charge in [0.1, 0.15) is 13.1 Å². The topological polar surface area (TPSA) is 72.3 Å². The van der Waals surface area contributed by atoms with Gasteiger partial charge in [0.15, 0.2) is 0 Å². The molecule has 7 heteroatoms. The Labute approximate surface area is 131 Å². The van der Waals surface area contributed by atoms with Crippen LogP contribution in [0.4, 0.5) is 0 Å². The fourth-order valence-corrected chi connectivity index (χ4v) is 3.08. The third-order valence-electron chi connectivity index (χ3n) is 4.45. The number of nitrogens with zero attached hydrogens (tertiary/aromatic N) is 1. The third kappa shape index (κ3) is 4.66. The van der Waals surface area contributed by atoms with Gasteiger partial charge in [-0.3, -0.25) is 9.59 Å². The average Bonchev–Trinajstić information content (AvgIpc) is 2.91. The average molecular weight is 314 g/mol. The van der Waals surface area contributed by atoms with Gasteiger partial charge in [0, 0.05) is 20.1 Å². The van der Waals surface area contributed by atoms with Crippen molar-refractivity contribution in [3.8, 4) is 0 Å². The van der Waals surface area contributed by atoms with Crippen LogP contribution in [0.25, 0.3) is 0 Å². The number of carbonyl (C=O) groups is 2. The number of amides is 2. The van der Waals surface area contributed by atoms with Gasteiger partial charge in [0.2, 0.25) is 11.8 Å². The second kappa shape index (κ2) is 8.45. The van der Waals surface area contributed by atoms with Crippen molar-refractivity contribution >= 4 is 11.8 Å². The molecule has 0 radical (unpaired) electrons. The van der Waals surface area contributed by atoms with Gasteiger partial charge in [-0.1, -0.05) is 0 Å². The number of likely N-dealkylation sites (tertiary alicyclic amines) is 1. The molecule has 7 nitrogen and oxygen atoms in total. The summed E-state index contributed by atoms with van der Waals surface area (Å²) in [5, 5.41) is 2.97. The molecule has 22 heavy (non-hydrogen) atoms. The lowest BCUT2D eigenvalue weighted by molar-refractivity contribution is -0.906. The van der Waals surface area contributed by atoms with Crippen LogP contribution in [-0.4, -0.2) is 82.4 Å².